The van der Waals surface area contributed by atoms with E-state index in [1.807, 2.05) is 12.2 Å². The van der Waals surface area contributed by atoms with Gasteiger partial charge in [0.1, 0.15) is 0 Å². The molecule has 1 saturated carbocycles. The number of alkyl halides is 5. The third-order valence-corrected chi connectivity index (χ3v) is 4.47. The minimum Gasteiger partial charge on any atom is -0.354 e. The molecule has 19 heavy (non-hydrogen) atoms. The molecule has 1 aliphatic heterocycles. The number of ether oxygens (including phenoxy) is 1. The van der Waals surface area contributed by atoms with Gasteiger partial charge in [0.15, 0.2) is 0 Å². The molecule has 2 aliphatic carbocycles. The van der Waals surface area contributed by atoms with Crippen molar-refractivity contribution in [1.82, 2.24) is 0 Å². The highest BCUT2D eigenvalue weighted by Crippen LogP contribution is 2.56. The predicted octanol–water partition coefficient (Wildman–Crippen LogP) is 2.87. The largest absolute Gasteiger partial charge is 0.449 e. The SMILES string of the molecule is OC1(C(F)(F)F)OC(C2CC3C=CC2C3)CC1(F)F. The second kappa shape index (κ2) is 3.69. The van der Waals surface area contributed by atoms with E-state index >= 15 is 0 Å². The van der Waals surface area contributed by atoms with E-state index in [0.717, 1.165) is 6.42 Å². The van der Waals surface area contributed by atoms with Gasteiger partial charge in [-0.3, -0.25) is 0 Å². The monoisotopic (exact) mass is 284 g/mol. The fourth-order valence-corrected chi connectivity index (χ4v) is 3.50. The Balaban J connectivity index is 1.83. The number of halogens is 5. The van der Waals surface area contributed by atoms with Gasteiger partial charge in [0.25, 0.3) is 0 Å². The fourth-order valence-electron chi connectivity index (χ4n) is 3.50. The molecule has 3 aliphatic rings. The zero-order chi connectivity index (χ0) is 14.1. The van der Waals surface area contributed by atoms with Crippen molar-refractivity contribution in [2.75, 3.05) is 0 Å². The third kappa shape index (κ3) is 1.74. The molecule has 0 aromatic heterocycles. The van der Waals surface area contributed by atoms with E-state index in [4.69, 9.17) is 0 Å². The molecule has 0 spiro atoms. The van der Waals surface area contributed by atoms with Crippen molar-refractivity contribution in [2.24, 2.45) is 17.8 Å². The van der Waals surface area contributed by atoms with Crippen molar-refractivity contribution in [2.45, 2.75) is 43.3 Å². The molecule has 0 amide bonds. The summed E-state index contributed by atoms with van der Waals surface area (Å²) in [6.45, 7) is 0. The highest BCUT2D eigenvalue weighted by atomic mass is 19.4. The highest BCUT2D eigenvalue weighted by molar-refractivity contribution is 5.13. The summed E-state index contributed by atoms with van der Waals surface area (Å²) in [5.41, 5.74) is 0. The number of allylic oxidation sites excluding steroid dienone is 2. The molecule has 0 aromatic carbocycles. The number of fused-ring (bicyclic) bond motifs is 2. The molecule has 2 fully saturated rings. The maximum absolute atomic E-state index is 13.5. The number of hydrogen-bond acceptors (Lipinski definition) is 2. The normalized spacial score (nSPS) is 48.1. The third-order valence-electron chi connectivity index (χ3n) is 4.47. The van der Waals surface area contributed by atoms with Gasteiger partial charge < -0.3 is 9.84 Å². The summed E-state index contributed by atoms with van der Waals surface area (Å²) < 4.78 is 69.3. The minimum atomic E-state index is -5.50. The summed E-state index contributed by atoms with van der Waals surface area (Å²) in [7, 11) is 0. The highest BCUT2D eigenvalue weighted by Gasteiger charge is 2.76. The molecule has 7 heteroatoms. The molecule has 1 saturated heterocycles. The van der Waals surface area contributed by atoms with E-state index in [0.29, 0.717) is 6.42 Å². The number of hydrogen-bond donors (Lipinski definition) is 1. The summed E-state index contributed by atoms with van der Waals surface area (Å²) in [4.78, 5) is 0. The Morgan fingerprint density at radius 2 is 1.84 bits per heavy atom. The second-order valence-corrected chi connectivity index (χ2v) is 5.65. The van der Waals surface area contributed by atoms with Gasteiger partial charge in [0, 0.05) is 6.42 Å². The lowest BCUT2D eigenvalue weighted by Crippen LogP contribution is -2.56. The molecule has 108 valence electrons. The van der Waals surface area contributed by atoms with Crippen LogP contribution < -0.4 is 0 Å². The van der Waals surface area contributed by atoms with Gasteiger partial charge in [0.05, 0.1) is 6.10 Å². The molecular weight excluding hydrogens is 271 g/mol. The maximum Gasteiger partial charge on any atom is 0.449 e. The Morgan fingerprint density at radius 3 is 2.26 bits per heavy atom. The number of rotatable bonds is 1. The molecule has 3 rings (SSSR count). The zero-order valence-electron chi connectivity index (χ0n) is 9.83. The van der Waals surface area contributed by atoms with Crippen molar-refractivity contribution in [3.05, 3.63) is 12.2 Å². The Morgan fingerprint density at radius 1 is 1.16 bits per heavy atom. The second-order valence-electron chi connectivity index (χ2n) is 5.65. The summed E-state index contributed by atoms with van der Waals surface area (Å²) in [6.07, 6.45) is -2.68. The van der Waals surface area contributed by atoms with Gasteiger partial charge in [-0.05, 0) is 30.6 Å². The van der Waals surface area contributed by atoms with Crippen LogP contribution in [0.25, 0.3) is 0 Å². The zero-order valence-corrected chi connectivity index (χ0v) is 9.83. The summed E-state index contributed by atoms with van der Waals surface area (Å²) in [5, 5.41) is 9.24. The molecule has 2 bridgehead atoms. The van der Waals surface area contributed by atoms with Gasteiger partial charge in [-0.2, -0.15) is 13.2 Å². The van der Waals surface area contributed by atoms with Crippen LogP contribution in [0.4, 0.5) is 22.0 Å². The lowest BCUT2D eigenvalue weighted by molar-refractivity contribution is -0.408. The minimum absolute atomic E-state index is 0.0126. The van der Waals surface area contributed by atoms with Crippen molar-refractivity contribution in [1.29, 1.82) is 0 Å². The lowest BCUT2D eigenvalue weighted by atomic mass is 9.86. The fraction of sp³-hybridized carbons (Fsp3) is 0.833. The van der Waals surface area contributed by atoms with E-state index < -0.39 is 30.4 Å². The molecule has 1 N–H and O–H groups in total. The molecule has 5 atom stereocenters. The van der Waals surface area contributed by atoms with Crippen LogP contribution >= 0.6 is 0 Å². The van der Waals surface area contributed by atoms with Gasteiger partial charge >= 0.3 is 17.9 Å². The number of aliphatic hydroxyl groups is 1. The van der Waals surface area contributed by atoms with Gasteiger partial charge in [-0.1, -0.05) is 12.2 Å². The molecular formula is C12H13F5O2. The Bertz CT molecular complexity index is 419. The molecule has 0 radical (unpaired) electrons. The van der Waals surface area contributed by atoms with Crippen LogP contribution in [-0.2, 0) is 4.74 Å². The summed E-state index contributed by atoms with van der Waals surface area (Å²) in [6, 6.07) is 0. The first-order valence-electron chi connectivity index (χ1n) is 6.17. The average Bonchev–Trinajstić information content (AvgIpc) is 2.91. The summed E-state index contributed by atoms with van der Waals surface area (Å²) >= 11 is 0. The first-order chi connectivity index (χ1) is 8.64. The van der Waals surface area contributed by atoms with E-state index in [-0.39, 0.29) is 17.8 Å². The van der Waals surface area contributed by atoms with Crippen LogP contribution in [0.15, 0.2) is 12.2 Å². The van der Waals surface area contributed by atoms with Crippen LogP contribution in [0, 0.1) is 17.8 Å². The first kappa shape index (κ1) is 13.3. The van der Waals surface area contributed by atoms with Crippen molar-refractivity contribution in [3.63, 3.8) is 0 Å². The van der Waals surface area contributed by atoms with Crippen molar-refractivity contribution in [3.8, 4) is 0 Å². The molecule has 2 nitrogen and oxygen atoms in total. The Kier molecular flexibility index (Phi) is 2.59. The Hall–Kier alpha value is -0.690. The molecule has 5 unspecified atom stereocenters. The van der Waals surface area contributed by atoms with Gasteiger partial charge in [0.2, 0.25) is 0 Å². The van der Waals surface area contributed by atoms with Crippen LogP contribution in [0.2, 0.25) is 0 Å². The summed E-state index contributed by atoms with van der Waals surface area (Å²) in [5.74, 6) is -8.79. The smallest absolute Gasteiger partial charge is 0.354 e. The van der Waals surface area contributed by atoms with Crippen molar-refractivity contribution >= 4 is 0 Å². The van der Waals surface area contributed by atoms with Gasteiger partial charge in [-0.15, -0.1) is 0 Å². The van der Waals surface area contributed by atoms with Crippen LogP contribution in [0.5, 0.6) is 0 Å². The van der Waals surface area contributed by atoms with E-state index in [1.165, 1.54) is 0 Å². The van der Waals surface area contributed by atoms with Crippen LogP contribution in [-0.4, -0.2) is 29.1 Å². The van der Waals surface area contributed by atoms with E-state index in [2.05, 4.69) is 4.74 Å². The molecule has 1 heterocycles. The average molecular weight is 284 g/mol. The van der Waals surface area contributed by atoms with Gasteiger partial charge in [-0.25, -0.2) is 8.78 Å². The van der Waals surface area contributed by atoms with Crippen molar-refractivity contribution < 1.29 is 31.8 Å². The Labute approximate surface area is 106 Å². The predicted molar refractivity (Wildman–Crippen MR) is 54.3 cm³/mol. The lowest BCUT2D eigenvalue weighted by Gasteiger charge is -2.31. The maximum atomic E-state index is 13.5. The van der Waals surface area contributed by atoms with E-state index in [9.17, 15) is 27.1 Å². The molecule has 0 aromatic rings. The topological polar surface area (TPSA) is 29.5 Å². The van der Waals surface area contributed by atoms with E-state index in [1.54, 1.807) is 0 Å². The van der Waals surface area contributed by atoms with Crippen LogP contribution in [0.1, 0.15) is 19.3 Å². The first-order valence-corrected chi connectivity index (χ1v) is 6.17. The standard InChI is InChI=1S/C12H13F5O2/c13-10(14)5-9(19-11(10,18)12(15,16)17)8-4-6-1-2-7(8)3-6/h1-2,6-9,18H,3-5H2. The quantitative estimate of drug-likeness (QED) is 0.592. The van der Waals surface area contributed by atoms with Crippen LogP contribution in [0.3, 0.4) is 0 Å².